The molecule has 2 aliphatic carbocycles. The van der Waals surface area contributed by atoms with Crippen molar-refractivity contribution in [2.75, 3.05) is 13.7 Å². The van der Waals surface area contributed by atoms with Crippen LogP contribution in [0.2, 0.25) is 0 Å². The monoisotopic (exact) mass is 460 g/mol. The van der Waals surface area contributed by atoms with Crippen molar-refractivity contribution in [2.24, 2.45) is 28.8 Å². The minimum atomic E-state index is -0.534. The van der Waals surface area contributed by atoms with Gasteiger partial charge in [-0.25, -0.2) is 4.79 Å². The molecule has 0 N–H and O–H groups in total. The van der Waals surface area contributed by atoms with Crippen LogP contribution in [0.5, 0.6) is 17.2 Å². The van der Waals surface area contributed by atoms with E-state index in [1.807, 2.05) is 19.1 Å². The summed E-state index contributed by atoms with van der Waals surface area (Å²) in [5.74, 6) is -0.0811. The lowest BCUT2D eigenvalue weighted by Gasteiger charge is -2.13. The third-order valence-corrected chi connectivity index (χ3v) is 6.57. The van der Waals surface area contributed by atoms with Gasteiger partial charge in [-0.15, -0.1) is 0 Å². The Morgan fingerprint density at radius 3 is 2.32 bits per heavy atom. The smallest absolute Gasteiger partial charge is 0.343 e. The number of rotatable bonds is 7. The fourth-order valence-corrected chi connectivity index (χ4v) is 4.97. The van der Waals surface area contributed by atoms with E-state index in [9.17, 15) is 14.4 Å². The van der Waals surface area contributed by atoms with Gasteiger partial charge in [-0.05, 0) is 73.2 Å². The van der Waals surface area contributed by atoms with Gasteiger partial charge in [0.25, 0.3) is 11.8 Å². The maximum Gasteiger partial charge on any atom is 0.343 e. The van der Waals surface area contributed by atoms with Crippen LogP contribution < -0.4 is 14.2 Å². The number of fused-ring (bicyclic) bond motifs is 5. The lowest BCUT2D eigenvalue weighted by molar-refractivity contribution is -0.140. The average Bonchev–Trinajstić information content (AvgIpc) is 3.53. The van der Waals surface area contributed by atoms with E-state index >= 15 is 0 Å². The Kier molecular flexibility index (Phi) is 5.65. The molecule has 8 nitrogen and oxygen atoms in total. The molecule has 3 aliphatic rings. The summed E-state index contributed by atoms with van der Waals surface area (Å²) in [6.07, 6.45) is 6.41. The van der Waals surface area contributed by atoms with E-state index in [0.29, 0.717) is 29.2 Å². The molecule has 174 valence electrons. The van der Waals surface area contributed by atoms with Gasteiger partial charge in [-0.3, -0.25) is 9.59 Å². The summed E-state index contributed by atoms with van der Waals surface area (Å²) in [6.45, 7) is 2.18. The predicted octanol–water partition coefficient (Wildman–Crippen LogP) is 3.45. The summed E-state index contributed by atoms with van der Waals surface area (Å²) in [5, 5.41) is 5.20. The number of carbonyl (C=O) groups excluding carboxylic acids is 3. The topological polar surface area (TPSA) is 94.5 Å². The highest BCUT2D eigenvalue weighted by Gasteiger charge is 2.59. The molecule has 1 saturated heterocycles. The number of nitrogens with zero attached hydrogens (tertiary/aromatic N) is 2. The number of benzene rings is 2. The van der Waals surface area contributed by atoms with Crippen LogP contribution in [-0.2, 0) is 9.59 Å². The standard InChI is InChI=1S/C26H24N2O6/c1-3-33-21-12-15(4-11-20(21)34-26(31)16-7-9-19(32-2)10-8-16)14-27-28-24(29)22-17-5-6-18(13-17)23(22)25(28)30/h4-12,14,17-18,22-23H,3,13H2,1-2H3. The van der Waals surface area contributed by atoms with Crippen molar-refractivity contribution >= 4 is 24.0 Å². The molecule has 0 aromatic heterocycles. The molecule has 8 heteroatoms. The van der Waals surface area contributed by atoms with Gasteiger partial charge in [0, 0.05) is 0 Å². The minimum absolute atomic E-state index is 0.135. The van der Waals surface area contributed by atoms with Crippen molar-refractivity contribution in [1.29, 1.82) is 0 Å². The second-order valence-corrected chi connectivity index (χ2v) is 8.49. The number of imide groups is 1. The highest BCUT2D eigenvalue weighted by molar-refractivity contribution is 6.06. The van der Waals surface area contributed by atoms with Gasteiger partial charge in [0.15, 0.2) is 11.5 Å². The van der Waals surface area contributed by atoms with Gasteiger partial charge >= 0.3 is 5.97 Å². The third kappa shape index (κ3) is 3.75. The van der Waals surface area contributed by atoms with E-state index in [1.165, 1.54) is 6.21 Å². The highest BCUT2D eigenvalue weighted by atomic mass is 16.6. The van der Waals surface area contributed by atoms with Gasteiger partial charge in [-0.1, -0.05) is 12.2 Å². The zero-order valence-corrected chi connectivity index (χ0v) is 18.8. The molecule has 2 aromatic rings. The van der Waals surface area contributed by atoms with Gasteiger partial charge < -0.3 is 14.2 Å². The molecule has 4 atom stereocenters. The first-order valence-corrected chi connectivity index (χ1v) is 11.2. The van der Waals surface area contributed by atoms with E-state index in [4.69, 9.17) is 14.2 Å². The van der Waals surface area contributed by atoms with Gasteiger partial charge in [0.05, 0.1) is 37.3 Å². The van der Waals surface area contributed by atoms with Crippen LogP contribution in [0.15, 0.2) is 59.7 Å². The molecule has 2 bridgehead atoms. The third-order valence-electron chi connectivity index (χ3n) is 6.57. The van der Waals surface area contributed by atoms with E-state index in [0.717, 1.165) is 11.4 Å². The van der Waals surface area contributed by atoms with Gasteiger partial charge in [-0.2, -0.15) is 10.1 Å². The van der Waals surface area contributed by atoms with Crippen LogP contribution in [0.3, 0.4) is 0 Å². The van der Waals surface area contributed by atoms with E-state index in [-0.39, 0.29) is 41.2 Å². The summed E-state index contributed by atoms with van der Waals surface area (Å²) in [7, 11) is 1.55. The lowest BCUT2D eigenvalue weighted by Crippen LogP contribution is -2.28. The zero-order valence-electron chi connectivity index (χ0n) is 18.8. The zero-order chi connectivity index (χ0) is 23.8. The van der Waals surface area contributed by atoms with Gasteiger partial charge in [0.2, 0.25) is 0 Å². The maximum atomic E-state index is 12.8. The Bertz CT molecular complexity index is 1170. The van der Waals surface area contributed by atoms with Crippen molar-refractivity contribution in [2.45, 2.75) is 13.3 Å². The van der Waals surface area contributed by atoms with Gasteiger partial charge in [0.1, 0.15) is 5.75 Å². The molecule has 4 unspecified atom stereocenters. The van der Waals surface area contributed by atoms with E-state index in [1.54, 1.807) is 49.6 Å². The molecule has 1 aliphatic heterocycles. The molecule has 0 radical (unpaired) electrons. The first-order valence-electron chi connectivity index (χ1n) is 11.2. The van der Waals surface area contributed by atoms with Crippen molar-refractivity contribution in [3.63, 3.8) is 0 Å². The molecule has 2 amide bonds. The first-order chi connectivity index (χ1) is 16.5. The van der Waals surface area contributed by atoms with Crippen molar-refractivity contribution < 1.29 is 28.6 Å². The van der Waals surface area contributed by atoms with E-state index < -0.39 is 5.97 Å². The Hall–Kier alpha value is -3.94. The second kappa shape index (κ2) is 8.78. The predicted molar refractivity (Wildman–Crippen MR) is 123 cm³/mol. The van der Waals surface area contributed by atoms with Crippen LogP contribution in [0.1, 0.15) is 29.3 Å². The summed E-state index contributed by atoms with van der Waals surface area (Å²) in [4.78, 5) is 38.1. The Morgan fingerprint density at radius 1 is 1.03 bits per heavy atom. The SMILES string of the molecule is CCOc1cc(C=NN2C(=O)C3C4C=CC(C4)C3C2=O)ccc1OC(=O)c1ccc(OC)cc1. The highest BCUT2D eigenvalue weighted by Crippen LogP contribution is 2.52. The quantitative estimate of drug-likeness (QED) is 0.207. The molecule has 5 rings (SSSR count). The minimum Gasteiger partial charge on any atom is -0.497 e. The number of amides is 2. The number of hydrazone groups is 1. The number of hydrogen-bond acceptors (Lipinski definition) is 7. The van der Waals surface area contributed by atoms with Crippen LogP contribution in [0, 0.1) is 23.7 Å². The fourth-order valence-electron chi connectivity index (χ4n) is 4.97. The number of methoxy groups -OCH3 is 1. The fraction of sp³-hybridized carbons (Fsp3) is 0.308. The van der Waals surface area contributed by atoms with Crippen LogP contribution in [0.4, 0.5) is 0 Å². The molecule has 1 saturated carbocycles. The Balaban J connectivity index is 1.32. The average molecular weight is 460 g/mol. The van der Waals surface area contributed by atoms with Crippen molar-refractivity contribution in [1.82, 2.24) is 5.01 Å². The number of esters is 1. The summed E-state index contributed by atoms with van der Waals surface area (Å²) in [5.41, 5.74) is 0.973. The summed E-state index contributed by atoms with van der Waals surface area (Å²) in [6, 6.07) is 11.5. The summed E-state index contributed by atoms with van der Waals surface area (Å²) >= 11 is 0. The molecule has 1 heterocycles. The lowest BCUT2D eigenvalue weighted by atomic mass is 9.85. The first kappa shape index (κ1) is 21.9. The second-order valence-electron chi connectivity index (χ2n) is 8.49. The molecular weight excluding hydrogens is 436 g/mol. The summed E-state index contributed by atoms with van der Waals surface area (Å²) < 4.78 is 16.3. The van der Waals surface area contributed by atoms with E-state index in [2.05, 4.69) is 5.10 Å². The van der Waals surface area contributed by atoms with Crippen LogP contribution in [0.25, 0.3) is 0 Å². The van der Waals surface area contributed by atoms with Crippen LogP contribution in [-0.4, -0.2) is 42.7 Å². The van der Waals surface area contributed by atoms with Crippen LogP contribution >= 0.6 is 0 Å². The molecule has 34 heavy (non-hydrogen) atoms. The molecule has 0 spiro atoms. The molecular formula is C26H24N2O6. The number of hydrogen-bond donors (Lipinski definition) is 0. The largest absolute Gasteiger partial charge is 0.497 e. The molecule has 2 aromatic carbocycles. The van der Waals surface area contributed by atoms with Crippen molar-refractivity contribution in [3.05, 3.63) is 65.7 Å². The van der Waals surface area contributed by atoms with Crippen molar-refractivity contribution in [3.8, 4) is 17.2 Å². The Labute approximate surface area is 196 Å². The maximum absolute atomic E-state index is 12.8. The molecule has 2 fully saturated rings. The number of allylic oxidation sites excluding steroid dienone is 2. The Morgan fingerprint density at radius 2 is 1.71 bits per heavy atom. The normalized spacial score (nSPS) is 24.7. The number of carbonyl (C=O) groups is 3. The number of ether oxygens (including phenoxy) is 3.